The first kappa shape index (κ1) is 34.6. The Morgan fingerprint density at radius 2 is 1.28 bits per heavy atom. The molecule has 0 unspecified atom stereocenters. The second kappa shape index (κ2) is 19.7. The molecule has 0 aliphatic carbocycles. The fraction of sp³-hybridized carbons (Fsp3) is 0.375. The van der Waals surface area contributed by atoms with Crippen LogP contribution in [0.3, 0.4) is 0 Å². The molecule has 5 N–H and O–H groups in total. The predicted molar refractivity (Wildman–Crippen MR) is 151 cm³/mol. The van der Waals surface area contributed by atoms with E-state index < -0.39 is 0 Å². The Morgan fingerprint density at radius 1 is 0.897 bits per heavy atom. The van der Waals surface area contributed by atoms with Crippen molar-refractivity contribution in [3.8, 4) is 0 Å². The van der Waals surface area contributed by atoms with E-state index in [4.69, 9.17) is 50.7 Å². The van der Waals surface area contributed by atoms with Gasteiger partial charge in [0.15, 0.2) is 0 Å². The van der Waals surface area contributed by atoms with Crippen LogP contribution in [0.25, 0.3) is 0 Å². The highest BCUT2D eigenvalue weighted by Crippen LogP contribution is 2.16. The number of aliphatic hydroxyl groups excluding tert-OH is 2. The molecule has 0 spiro atoms. The minimum atomic E-state index is -0.0602. The van der Waals surface area contributed by atoms with Crippen molar-refractivity contribution in [2.75, 3.05) is 18.5 Å². The van der Waals surface area contributed by atoms with Crippen molar-refractivity contribution in [2.24, 2.45) is 5.73 Å². The third-order valence-corrected chi connectivity index (χ3v) is 4.27. The van der Waals surface area contributed by atoms with E-state index in [0.717, 1.165) is 7.14 Å². The molecule has 0 saturated heterocycles. The van der Waals surface area contributed by atoms with E-state index in [1.54, 1.807) is 25.1 Å². The van der Waals surface area contributed by atoms with Crippen molar-refractivity contribution >= 4 is 113 Å². The highest BCUT2D eigenvalue weighted by atomic mass is 127. The number of rotatable bonds is 4. The zero-order valence-electron chi connectivity index (χ0n) is 15.6. The fourth-order valence-corrected chi connectivity index (χ4v) is 3.67. The summed E-state index contributed by atoms with van der Waals surface area (Å²) in [5.74, 6) is 0.693. The van der Waals surface area contributed by atoms with E-state index in [1.807, 2.05) is 13.0 Å². The molecule has 2 heterocycles. The second-order valence-corrected chi connectivity index (χ2v) is 8.96. The second-order valence-electron chi connectivity index (χ2n) is 5.31. The zero-order valence-corrected chi connectivity index (χ0v) is 24.2. The van der Waals surface area contributed by atoms with Crippen LogP contribution >= 0.6 is 107 Å². The summed E-state index contributed by atoms with van der Waals surface area (Å²) < 4.78 is 2.02. The van der Waals surface area contributed by atoms with Gasteiger partial charge in [0, 0.05) is 19.2 Å². The lowest BCUT2D eigenvalue weighted by molar-refractivity contribution is 0.273. The van der Waals surface area contributed by atoms with Gasteiger partial charge in [-0.25, -0.2) is 9.97 Å². The largest absolute Gasteiger partial charge is 0.395 e. The van der Waals surface area contributed by atoms with E-state index >= 15 is 0 Å². The van der Waals surface area contributed by atoms with E-state index in [-0.39, 0.29) is 52.3 Å². The molecule has 2 rings (SSSR count). The van der Waals surface area contributed by atoms with E-state index in [1.165, 1.54) is 0 Å². The minimum Gasteiger partial charge on any atom is -0.395 e. The molecule has 2 atom stereocenters. The number of hydrogen-bond acceptors (Lipinski definition) is 6. The molecule has 2 aromatic heterocycles. The topological polar surface area (TPSA) is 104 Å². The summed E-state index contributed by atoms with van der Waals surface area (Å²) in [7, 11) is 0. The highest BCUT2D eigenvalue weighted by molar-refractivity contribution is 14.1. The Balaban J connectivity index is -0.000000372. The molecular weight excluding hydrogens is 705 g/mol. The van der Waals surface area contributed by atoms with Gasteiger partial charge in [0.2, 0.25) is 0 Å². The van der Waals surface area contributed by atoms with Crippen LogP contribution in [0.4, 0.5) is 5.82 Å². The first-order valence-electron chi connectivity index (χ1n) is 7.62. The predicted octanol–water partition coefficient (Wildman–Crippen LogP) is 4.68. The normalized spacial score (nSPS) is 11.2. The van der Waals surface area contributed by atoms with Crippen LogP contribution in [0.5, 0.6) is 0 Å². The Bertz CT molecular complexity index is 636. The maximum absolute atomic E-state index is 8.81. The lowest BCUT2D eigenvalue weighted by Gasteiger charge is -2.11. The summed E-state index contributed by atoms with van der Waals surface area (Å²) >= 11 is 21.1. The maximum Gasteiger partial charge on any atom is 0.132 e. The quantitative estimate of drug-likeness (QED) is 0.270. The van der Waals surface area contributed by atoms with Gasteiger partial charge in [-0.3, -0.25) is 0 Å². The van der Waals surface area contributed by atoms with Crippen LogP contribution < -0.4 is 11.1 Å². The van der Waals surface area contributed by atoms with E-state index in [0.29, 0.717) is 21.3 Å². The van der Waals surface area contributed by atoms with Crippen molar-refractivity contribution < 1.29 is 10.2 Å². The number of aromatic nitrogens is 2. The molecule has 13 heteroatoms. The van der Waals surface area contributed by atoms with Crippen molar-refractivity contribution in [3.05, 3.63) is 46.9 Å². The van der Waals surface area contributed by atoms with Gasteiger partial charge in [-0.05, 0) is 83.3 Å². The number of hydrogen-bond donors (Lipinski definition) is 4. The third kappa shape index (κ3) is 19.4. The smallest absolute Gasteiger partial charge is 0.132 e. The van der Waals surface area contributed by atoms with Gasteiger partial charge in [0.05, 0.1) is 13.2 Å². The van der Waals surface area contributed by atoms with Crippen molar-refractivity contribution in [1.82, 2.24) is 9.97 Å². The molecule has 0 aromatic carbocycles. The molecule has 0 saturated carbocycles. The van der Waals surface area contributed by atoms with E-state index in [2.05, 4.69) is 60.5 Å². The number of nitrogens with one attached hydrogen (secondary N) is 1. The lowest BCUT2D eigenvalue weighted by Crippen LogP contribution is -2.20. The maximum atomic E-state index is 8.81. The molecule has 0 bridgehead atoms. The van der Waals surface area contributed by atoms with Crippen molar-refractivity contribution in [3.63, 3.8) is 0 Å². The number of halogens is 5. The Kier molecular flexibility index (Phi) is 23.5. The average molecular weight is 730 g/mol. The highest BCUT2D eigenvalue weighted by Gasteiger charge is 2.02. The summed E-state index contributed by atoms with van der Waals surface area (Å²) in [4.78, 5) is 7.82. The Labute approximate surface area is 227 Å². The van der Waals surface area contributed by atoms with E-state index in [9.17, 15) is 0 Å². The summed E-state index contributed by atoms with van der Waals surface area (Å²) in [6.45, 7) is 3.78. The SMILES string of the molecule is C[C@@H](CO)Nc1cc(I)cc(Cl)n1.C[C@H](N)CO.Clc1cc(I)cc(Cl)n1.S.S. The first-order chi connectivity index (χ1) is 12.6. The molecule has 6 nitrogen and oxygen atoms in total. The molecule has 2 aromatic rings. The standard InChI is InChI=1S/C8H10ClIN2O.C5H2Cl2IN.C3H9NO.2H2S/c1-5(4-13)11-8-3-6(10)2-7(9)12-8;6-4-1-3(8)2-5(7)9-4;1-3(4)2-5;;/h2-3,5,13H,4H2,1H3,(H,11,12);1-2H;3,5H,2,4H2,1H3;2*1H2/t5-;;3-;;/m0.0../s1. The Hall–Kier alpha value is 1.01. The van der Waals surface area contributed by atoms with Gasteiger partial charge >= 0.3 is 0 Å². The molecule has 0 aliphatic heterocycles. The van der Waals surface area contributed by atoms with Crippen molar-refractivity contribution in [2.45, 2.75) is 25.9 Å². The monoisotopic (exact) mass is 728 g/mol. The first-order valence-corrected chi connectivity index (χ1v) is 10.9. The number of nitrogens with two attached hydrogens (primary N) is 1. The summed E-state index contributed by atoms with van der Waals surface area (Å²) in [6, 6.07) is 7.06. The van der Waals surface area contributed by atoms with Gasteiger partial charge in [-0.2, -0.15) is 27.0 Å². The molecular formula is C16H25Cl3I2N4O2S2. The molecule has 168 valence electrons. The summed E-state index contributed by atoms with van der Waals surface area (Å²) in [6.07, 6.45) is 0. The average Bonchev–Trinajstić information content (AvgIpc) is 2.53. The third-order valence-electron chi connectivity index (χ3n) is 2.44. The summed E-state index contributed by atoms with van der Waals surface area (Å²) in [5.41, 5.74) is 5.04. The lowest BCUT2D eigenvalue weighted by atomic mass is 10.3. The van der Waals surface area contributed by atoms with Gasteiger partial charge in [-0.15, -0.1) is 0 Å². The van der Waals surface area contributed by atoms with Crippen LogP contribution in [-0.4, -0.2) is 45.5 Å². The van der Waals surface area contributed by atoms with Crippen LogP contribution in [0.2, 0.25) is 15.5 Å². The Morgan fingerprint density at radius 3 is 1.59 bits per heavy atom. The van der Waals surface area contributed by atoms with Crippen LogP contribution in [-0.2, 0) is 0 Å². The molecule has 0 amide bonds. The van der Waals surface area contributed by atoms with Gasteiger partial charge < -0.3 is 21.3 Å². The van der Waals surface area contributed by atoms with Gasteiger partial charge in [0.25, 0.3) is 0 Å². The number of pyridine rings is 2. The number of nitrogens with zero attached hydrogens (tertiary/aromatic N) is 2. The van der Waals surface area contributed by atoms with Crippen LogP contribution in [0.1, 0.15) is 13.8 Å². The van der Waals surface area contributed by atoms with Gasteiger partial charge in [-0.1, -0.05) is 34.8 Å². The molecule has 29 heavy (non-hydrogen) atoms. The number of anilines is 1. The number of aliphatic hydroxyl groups is 2. The van der Waals surface area contributed by atoms with Crippen LogP contribution in [0.15, 0.2) is 24.3 Å². The molecule has 0 aliphatic rings. The van der Waals surface area contributed by atoms with Crippen LogP contribution in [0, 0.1) is 7.14 Å². The zero-order chi connectivity index (χ0) is 21.0. The van der Waals surface area contributed by atoms with Gasteiger partial charge in [0.1, 0.15) is 21.3 Å². The minimum absolute atomic E-state index is 0. The molecule has 0 fully saturated rings. The fourth-order valence-electron chi connectivity index (χ4n) is 1.27. The molecule has 0 radical (unpaired) electrons. The summed E-state index contributed by atoms with van der Waals surface area (Å²) in [5, 5.41) is 21.2. The van der Waals surface area contributed by atoms with Crippen molar-refractivity contribution in [1.29, 1.82) is 0 Å².